The zero-order valence-electron chi connectivity index (χ0n) is 19.8. The van der Waals surface area contributed by atoms with Gasteiger partial charge < -0.3 is 25.5 Å². The highest BCUT2D eigenvalue weighted by Crippen LogP contribution is 2.31. The minimum absolute atomic E-state index is 0.0186. The summed E-state index contributed by atoms with van der Waals surface area (Å²) in [4.78, 5) is 21.8. The summed E-state index contributed by atoms with van der Waals surface area (Å²) in [6.07, 6.45) is 4.31. The van der Waals surface area contributed by atoms with Gasteiger partial charge in [-0.1, -0.05) is 30.3 Å². The second-order valence-corrected chi connectivity index (χ2v) is 8.24. The molecule has 0 aliphatic heterocycles. The Hall–Kier alpha value is -4.62. The van der Waals surface area contributed by atoms with Crippen molar-refractivity contribution in [3.63, 3.8) is 0 Å². The predicted molar refractivity (Wildman–Crippen MR) is 140 cm³/mol. The summed E-state index contributed by atoms with van der Waals surface area (Å²) in [6.45, 7) is 2.73. The number of ketones is 2. The molecule has 7 nitrogen and oxygen atoms in total. The number of carbonyl (C=O) groups excluding carboxylic acids is 2. The van der Waals surface area contributed by atoms with E-state index in [1.165, 1.54) is 32.1 Å². The number of aliphatic hydroxyl groups is 2. The molecule has 0 radical (unpaired) electrons. The Morgan fingerprint density at radius 1 is 0.778 bits per heavy atom. The second kappa shape index (κ2) is 11.2. The van der Waals surface area contributed by atoms with Crippen molar-refractivity contribution in [3.8, 4) is 17.2 Å². The summed E-state index contributed by atoms with van der Waals surface area (Å²) in [5.74, 6) is -0.414. The van der Waals surface area contributed by atoms with Crippen LogP contribution in [0, 0.1) is 0 Å². The number of phenols is 3. The fraction of sp³-hybridized carbons (Fsp3) is 0.103. The lowest BCUT2D eigenvalue weighted by molar-refractivity contribution is -0.113. The second-order valence-electron chi connectivity index (χ2n) is 8.24. The third-order valence-corrected chi connectivity index (χ3v) is 5.26. The van der Waals surface area contributed by atoms with Crippen LogP contribution in [0.25, 0.3) is 33.4 Å². The van der Waals surface area contributed by atoms with E-state index < -0.39 is 0 Å². The summed E-state index contributed by atoms with van der Waals surface area (Å²) in [5.41, 5.74) is 1.95. The largest absolute Gasteiger partial charge is 0.508 e. The van der Waals surface area contributed by atoms with Crippen LogP contribution >= 0.6 is 0 Å². The molecule has 0 spiro atoms. The molecule has 0 unspecified atom stereocenters. The van der Waals surface area contributed by atoms with E-state index in [0.29, 0.717) is 27.3 Å². The van der Waals surface area contributed by atoms with Crippen molar-refractivity contribution in [3.05, 3.63) is 89.5 Å². The van der Waals surface area contributed by atoms with Crippen molar-refractivity contribution in [2.45, 2.75) is 20.5 Å². The molecule has 4 rings (SSSR count). The van der Waals surface area contributed by atoms with Crippen LogP contribution in [0.5, 0.6) is 17.2 Å². The monoisotopic (exact) mass is 486 g/mol. The van der Waals surface area contributed by atoms with E-state index in [0.717, 1.165) is 17.0 Å². The van der Waals surface area contributed by atoms with Crippen molar-refractivity contribution in [1.29, 1.82) is 0 Å². The van der Waals surface area contributed by atoms with Gasteiger partial charge in [-0.2, -0.15) is 0 Å². The topological polar surface area (TPSA) is 135 Å². The van der Waals surface area contributed by atoms with Gasteiger partial charge >= 0.3 is 0 Å². The van der Waals surface area contributed by atoms with Crippen molar-refractivity contribution < 1.29 is 35.1 Å². The lowest BCUT2D eigenvalue weighted by Crippen LogP contribution is -1.89. The average Bonchev–Trinajstić information content (AvgIpc) is 2.82. The highest BCUT2D eigenvalue weighted by atomic mass is 16.3. The van der Waals surface area contributed by atoms with Crippen molar-refractivity contribution in [2.24, 2.45) is 0 Å². The molecule has 184 valence electrons. The molecule has 0 aliphatic rings. The molecule has 0 aromatic heterocycles. The van der Waals surface area contributed by atoms with E-state index in [9.17, 15) is 30.0 Å². The molecule has 0 heterocycles. The lowest BCUT2D eigenvalue weighted by Gasteiger charge is -2.05. The molecule has 0 amide bonds. The summed E-state index contributed by atoms with van der Waals surface area (Å²) in [7, 11) is 0. The highest BCUT2D eigenvalue weighted by Gasteiger charge is 2.07. The van der Waals surface area contributed by atoms with Crippen LogP contribution in [-0.4, -0.2) is 37.1 Å². The first-order chi connectivity index (χ1) is 17.1. The Balaban J connectivity index is 0.000000201. The van der Waals surface area contributed by atoms with Gasteiger partial charge in [0.25, 0.3) is 0 Å². The maximum Gasteiger partial charge on any atom is 0.156 e. The molecule has 7 heteroatoms. The zero-order chi connectivity index (χ0) is 26.4. The minimum Gasteiger partial charge on any atom is -0.508 e. The molecule has 0 saturated carbocycles. The Morgan fingerprint density at radius 3 is 2.08 bits per heavy atom. The molecule has 0 saturated heterocycles. The molecule has 36 heavy (non-hydrogen) atoms. The van der Waals surface area contributed by atoms with Crippen LogP contribution in [-0.2, 0) is 16.2 Å². The first-order valence-corrected chi connectivity index (χ1v) is 11.0. The number of aliphatic hydroxyl groups excluding tert-OH is 2. The van der Waals surface area contributed by atoms with Gasteiger partial charge in [0.05, 0.1) is 6.61 Å². The highest BCUT2D eigenvalue weighted by molar-refractivity contribution is 5.96. The number of benzene rings is 4. The number of carbonyl (C=O) groups is 2. The number of hydrogen-bond donors (Lipinski definition) is 5. The third kappa shape index (κ3) is 6.49. The summed E-state index contributed by atoms with van der Waals surface area (Å²) in [6, 6.07) is 16.4. The van der Waals surface area contributed by atoms with Crippen molar-refractivity contribution in [2.75, 3.05) is 0 Å². The van der Waals surface area contributed by atoms with Crippen molar-refractivity contribution in [1.82, 2.24) is 0 Å². The Kier molecular flexibility index (Phi) is 8.09. The normalized spacial score (nSPS) is 11.5. The summed E-state index contributed by atoms with van der Waals surface area (Å²) in [5, 5.41) is 50.4. The van der Waals surface area contributed by atoms with Gasteiger partial charge in [-0.25, -0.2) is 0 Å². The maximum atomic E-state index is 10.9. The lowest BCUT2D eigenvalue weighted by atomic mass is 10.0. The molecule has 0 bridgehead atoms. The van der Waals surface area contributed by atoms with Crippen LogP contribution in [0.15, 0.2) is 72.8 Å². The van der Waals surface area contributed by atoms with E-state index in [1.54, 1.807) is 30.3 Å². The van der Waals surface area contributed by atoms with E-state index in [4.69, 9.17) is 5.11 Å². The summed E-state index contributed by atoms with van der Waals surface area (Å²) < 4.78 is 0. The number of fused-ring (bicyclic) bond motifs is 2. The van der Waals surface area contributed by atoms with Gasteiger partial charge in [0.2, 0.25) is 0 Å². The Labute approximate surface area is 207 Å². The molecule has 0 aliphatic carbocycles. The molecule has 4 aromatic carbocycles. The number of phenolic OH excluding ortho intramolecular Hbond substituents is 3. The first-order valence-electron chi connectivity index (χ1n) is 11.0. The van der Waals surface area contributed by atoms with Gasteiger partial charge in [0.1, 0.15) is 23.0 Å². The van der Waals surface area contributed by atoms with Crippen LogP contribution < -0.4 is 0 Å². The third-order valence-electron chi connectivity index (χ3n) is 5.26. The van der Waals surface area contributed by atoms with Crippen LogP contribution in [0.4, 0.5) is 0 Å². The fourth-order valence-electron chi connectivity index (χ4n) is 3.58. The fourth-order valence-corrected chi connectivity index (χ4v) is 3.58. The Morgan fingerprint density at radius 2 is 1.42 bits per heavy atom. The molecule has 5 N–H and O–H groups in total. The SMILES string of the molecule is CC(=O)/C=C(\O)c1ccc2cc(O)cc(O)c2c1.CC(=O)/C=C/c1ccc2cc(CO)cc(O)c2c1. The molecule has 4 aromatic rings. The van der Waals surface area contributed by atoms with Crippen LogP contribution in [0.3, 0.4) is 0 Å². The Bertz CT molecular complexity index is 1510. The van der Waals surface area contributed by atoms with Gasteiger partial charge in [-0.05, 0) is 72.2 Å². The maximum absolute atomic E-state index is 10.9. The number of allylic oxidation sites excluding steroid dienone is 2. The van der Waals surface area contributed by atoms with Gasteiger partial charge in [0.15, 0.2) is 11.6 Å². The summed E-state index contributed by atoms with van der Waals surface area (Å²) >= 11 is 0. The standard InChI is InChI=1S/C15H14O3.C14H12O4/c1-10(17)2-3-11-4-5-13-6-12(9-16)8-15(18)14(13)7-11;1-8(15)4-13(17)10-3-2-9-5-11(16)7-14(18)12(9)6-10/h2-8,16,18H,9H2,1H3;2-7,16-18H,1H3/b3-2+;13-4-. The van der Waals surface area contributed by atoms with E-state index >= 15 is 0 Å². The first kappa shape index (κ1) is 26.0. The molecule has 0 atom stereocenters. The van der Waals surface area contributed by atoms with E-state index in [2.05, 4.69) is 0 Å². The van der Waals surface area contributed by atoms with Gasteiger partial charge in [-0.3, -0.25) is 9.59 Å². The van der Waals surface area contributed by atoms with E-state index in [-0.39, 0.29) is 41.2 Å². The van der Waals surface area contributed by atoms with Crippen molar-refractivity contribution >= 4 is 44.9 Å². The van der Waals surface area contributed by atoms with Gasteiger partial charge in [0, 0.05) is 28.5 Å². The van der Waals surface area contributed by atoms with Crippen LogP contribution in [0.2, 0.25) is 0 Å². The van der Waals surface area contributed by atoms with E-state index in [1.807, 2.05) is 24.3 Å². The number of aromatic hydroxyl groups is 3. The average molecular weight is 487 g/mol. The molecule has 0 fully saturated rings. The van der Waals surface area contributed by atoms with Gasteiger partial charge in [-0.15, -0.1) is 0 Å². The number of rotatable bonds is 5. The molecular formula is C29H26O7. The minimum atomic E-state index is -0.262. The smallest absolute Gasteiger partial charge is 0.156 e. The van der Waals surface area contributed by atoms with Crippen LogP contribution in [0.1, 0.15) is 30.5 Å². The zero-order valence-corrected chi connectivity index (χ0v) is 19.8. The number of hydrogen-bond acceptors (Lipinski definition) is 7. The molecular weight excluding hydrogens is 460 g/mol. The predicted octanol–water partition coefficient (Wildman–Crippen LogP) is 5.38. The quantitative estimate of drug-likeness (QED) is 0.189.